The number of rotatable bonds is 7. The van der Waals surface area contributed by atoms with E-state index in [4.69, 9.17) is 0 Å². The number of carbonyl (C=O) groups is 3. The molecule has 0 fully saturated rings. The molecule has 1 aromatic carbocycles. The van der Waals surface area contributed by atoms with Crippen LogP contribution in [0, 0.1) is 10.1 Å². The van der Waals surface area contributed by atoms with Crippen LogP contribution in [0.15, 0.2) is 24.3 Å². The number of hydrogen-bond acceptors (Lipinski definition) is 5. The molecular weight excluding hydrogens is 276 g/mol. The second kappa shape index (κ2) is 7.28. The normalized spacial score (nSPS) is 10.0. The van der Waals surface area contributed by atoms with Gasteiger partial charge >= 0.3 is 0 Å². The van der Waals surface area contributed by atoms with Crippen molar-refractivity contribution in [1.82, 2.24) is 0 Å². The number of amides is 1. The van der Waals surface area contributed by atoms with Crippen molar-refractivity contribution in [3.63, 3.8) is 0 Å². The van der Waals surface area contributed by atoms with E-state index in [0.29, 0.717) is 0 Å². The second-order valence-electron chi connectivity index (χ2n) is 4.59. The highest BCUT2D eigenvalue weighted by Crippen LogP contribution is 2.27. The van der Waals surface area contributed by atoms with Crippen LogP contribution in [0.5, 0.6) is 0 Å². The zero-order chi connectivity index (χ0) is 16.0. The van der Waals surface area contributed by atoms with E-state index >= 15 is 0 Å². The zero-order valence-electron chi connectivity index (χ0n) is 11.9. The summed E-state index contributed by atoms with van der Waals surface area (Å²) >= 11 is 0. The first-order valence-corrected chi connectivity index (χ1v) is 6.35. The molecular formula is C14H16N2O5. The fraction of sp³-hybridized carbons (Fsp3) is 0.357. The molecule has 0 bridgehead atoms. The average molecular weight is 292 g/mol. The fourth-order valence-corrected chi connectivity index (χ4v) is 1.78. The van der Waals surface area contributed by atoms with E-state index in [0.717, 1.165) is 4.90 Å². The summed E-state index contributed by atoms with van der Waals surface area (Å²) in [4.78, 5) is 45.8. The molecule has 0 unspecified atom stereocenters. The Hall–Kier alpha value is -2.57. The minimum atomic E-state index is -0.606. The van der Waals surface area contributed by atoms with Crippen molar-refractivity contribution in [2.75, 3.05) is 11.4 Å². The van der Waals surface area contributed by atoms with Gasteiger partial charge in [-0.05, 0) is 13.0 Å². The number of hydrogen-bond donors (Lipinski definition) is 0. The summed E-state index contributed by atoms with van der Waals surface area (Å²) in [7, 11) is 0. The van der Waals surface area contributed by atoms with Crippen LogP contribution in [-0.2, 0) is 14.4 Å². The number of nitrogens with zero attached hydrogens (tertiary/aromatic N) is 2. The van der Waals surface area contributed by atoms with Gasteiger partial charge < -0.3 is 4.79 Å². The van der Waals surface area contributed by atoms with Crippen molar-refractivity contribution in [3.05, 3.63) is 34.4 Å². The fourth-order valence-electron chi connectivity index (χ4n) is 1.78. The molecule has 0 spiro atoms. The first kappa shape index (κ1) is 16.5. The van der Waals surface area contributed by atoms with E-state index < -0.39 is 10.8 Å². The van der Waals surface area contributed by atoms with Gasteiger partial charge in [-0.3, -0.25) is 24.6 Å². The van der Waals surface area contributed by atoms with Crippen LogP contribution in [0.2, 0.25) is 0 Å². The molecule has 1 amide bonds. The van der Waals surface area contributed by atoms with Gasteiger partial charge in [0.15, 0.2) is 5.78 Å². The maximum atomic E-state index is 11.8. The molecule has 21 heavy (non-hydrogen) atoms. The summed E-state index contributed by atoms with van der Waals surface area (Å²) < 4.78 is 0. The topological polar surface area (TPSA) is 97.6 Å². The SMILES string of the molecule is CC(=O)CCC(=O)CN(C(C)=O)c1ccccc1[N+](=O)[O-]. The van der Waals surface area contributed by atoms with Crippen molar-refractivity contribution in [1.29, 1.82) is 0 Å². The Kier molecular flexibility index (Phi) is 5.71. The Morgan fingerprint density at radius 1 is 1.14 bits per heavy atom. The van der Waals surface area contributed by atoms with Crippen LogP contribution < -0.4 is 4.90 Å². The van der Waals surface area contributed by atoms with Gasteiger partial charge in [-0.1, -0.05) is 12.1 Å². The van der Waals surface area contributed by atoms with Crippen LogP contribution in [-0.4, -0.2) is 28.9 Å². The number of benzene rings is 1. The number of para-hydroxylation sites is 2. The third kappa shape index (κ3) is 4.79. The molecule has 112 valence electrons. The minimum absolute atomic E-state index is 0.0136. The number of anilines is 1. The van der Waals surface area contributed by atoms with Crippen molar-refractivity contribution in [2.24, 2.45) is 0 Å². The molecule has 0 saturated heterocycles. The average Bonchev–Trinajstić information content (AvgIpc) is 2.42. The molecule has 7 nitrogen and oxygen atoms in total. The number of nitro groups is 1. The van der Waals surface area contributed by atoms with Gasteiger partial charge in [0.2, 0.25) is 5.91 Å². The lowest BCUT2D eigenvalue weighted by atomic mass is 10.1. The number of carbonyl (C=O) groups excluding carboxylic acids is 3. The van der Waals surface area contributed by atoms with Gasteiger partial charge in [-0.15, -0.1) is 0 Å². The number of ketones is 2. The monoisotopic (exact) mass is 292 g/mol. The van der Waals surface area contributed by atoms with Crippen molar-refractivity contribution >= 4 is 28.8 Å². The lowest BCUT2D eigenvalue weighted by Crippen LogP contribution is -2.34. The summed E-state index contributed by atoms with van der Waals surface area (Å²) in [5.74, 6) is -0.914. The highest BCUT2D eigenvalue weighted by molar-refractivity contribution is 6.00. The molecule has 0 aliphatic carbocycles. The van der Waals surface area contributed by atoms with Gasteiger partial charge in [0.1, 0.15) is 11.5 Å². The van der Waals surface area contributed by atoms with Crippen LogP contribution in [0.1, 0.15) is 26.7 Å². The largest absolute Gasteiger partial charge is 0.300 e. The predicted octanol–water partition coefficient (Wildman–Crippen LogP) is 1.89. The number of Topliss-reactive ketones (excluding diaryl/α,β-unsaturated/α-hetero) is 2. The van der Waals surface area contributed by atoms with E-state index in [1.54, 1.807) is 6.07 Å². The Balaban J connectivity index is 2.98. The third-order valence-corrected chi connectivity index (χ3v) is 2.84. The Morgan fingerprint density at radius 3 is 2.29 bits per heavy atom. The van der Waals surface area contributed by atoms with E-state index in [1.807, 2.05) is 0 Å². The van der Waals surface area contributed by atoms with E-state index in [-0.39, 0.29) is 42.3 Å². The van der Waals surface area contributed by atoms with Crippen LogP contribution in [0.3, 0.4) is 0 Å². The third-order valence-electron chi connectivity index (χ3n) is 2.84. The summed E-state index contributed by atoms with van der Waals surface area (Å²) in [5, 5.41) is 11.0. The van der Waals surface area contributed by atoms with Gasteiger partial charge in [-0.2, -0.15) is 0 Å². The van der Waals surface area contributed by atoms with Crippen molar-refractivity contribution in [2.45, 2.75) is 26.7 Å². The molecule has 0 heterocycles. The second-order valence-corrected chi connectivity index (χ2v) is 4.59. The summed E-state index contributed by atoms with van der Waals surface area (Å²) in [6.45, 7) is 2.32. The molecule has 0 radical (unpaired) electrons. The van der Waals surface area contributed by atoms with Crippen LogP contribution in [0.25, 0.3) is 0 Å². The first-order chi connectivity index (χ1) is 9.82. The van der Waals surface area contributed by atoms with Crippen molar-refractivity contribution in [3.8, 4) is 0 Å². The minimum Gasteiger partial charge on any atom is -0.300 e. The maximum absolute atomic E-state index is 11.8. The van der Waals surface area contributed by atoms with E-state index in [2.05, 4.69) is 0 Å². The molecule has 0 N–H and O–H groups in total. The molecule has 7 heteroatoms. The molecule has 0 aromatic heterocycles. The molecule has 0 atom stereocenters. The lowest BCUT2D eigenvalue weighted by molar-refractivity contribution is -0.384. The van der Waals surface area contributed by atoms with Gasteiger partial charge in [0.25, 0.3) is 5.69 Å². The quantitative estimate of drug-likeness (QED) is 0.564. The highest BCUT2D eigenvalue weighted by atomic mass is 16.6. The first-order valence-electron chi connectivity index (χ1n) is 6.35. The summed E-state index contributed by atoms with van der Waals surface area (Å²) in [6.07, 6.45) is 0.112. The standard InChI is InChI=1S/C14H16N2O5/c1-10(17)7-8-12(19)9-15(11(2)18)13-5-3-4-6-14(13)16(20)21/h3-6H,7-9H2,1-2H3. The predicted molar refractivity (Wildman–Crippen MR) is 76.0 cm³/mol. The van der Waals surface area contributed by atoms with Crippen LogP contribution >= 0.6 is 0 Å². The van der Waals surface area contributed by atoms with Gasteiger partial charge in [0.05, 0.1) is 11.5 Å². The Labute approximate surface area is 121 Å². The van der Waals surface area contributed by atoms with E-state index in [1.165, 1.54) is 32.0 Å². The lowest BCUT2D eigenvalue weighted by Gasteiger charge is -2.20. The van der Waals surface area contributed by atoms with E-state index in [9.17, 15) is 24.5 Å². The van der Waals surface area contributed by atoms with Crippen LogP contribution in [0.4, 0.5) is 11.4 Å². The van der Waals surface area contributed by atoms with Gasteiger partial charge in [-0.25, -0.2) is 0 Å². The molecule has 1 rings (SSSR count). The molecule has 0 aliphatic rings. The van der Waals surface area contributed by atoms with Gasteiger partial charge in [0, 0.05) is 25.8 Å². The number of nitro benzene ring substituents is 1. The van der Waals surface area contributed by atoms with Crippen molar-refractivity contribution < 1.29 is 19.3 Å². The Morgan fingerprint density at radius 2 is 1.76 bits per heavy atom. The maximum Gasteiger partial charge on any atom is 0.292 e. The zero-order valence-corrected chi connectivity index (χ0v) is 11.9. The Bertz CT molecular complexity index is 582. The molecule has 1 aromatic rings. The molecule has 0 saturated carbocycles. The summed E-state index contributed by atoms with van der Waals surface area (Å²) in [5.41, 5.74) is -0.168. The highest BCUT2D eigenvalue weighted by Gasteiger charge is 2.23. The summed E-state index contributed by atoms with van der Waals surface area (Å²) in [6, 6.07) is 5.72. The smallest absolute Gasteiger partial charge is 0.292 e. The molecule has 0 aliphatic heterocycles.